The van der Waals surface area contributed by atoms with Gasteiger partial charge in [-0.15, -0.1) is 0 Å². The van der Waals surface area contributed by atoms with Crippen LogP contribution in [0, 0.1) is 0 Å². The first-order valence-electron chi connectivity index (χ1n) is 6.46. The molecule has 0 N–H and O–H groups in total. The molecule has 0 fully saturated rings. The molecule has 1 aromatic carbocycles. The van der Waals surface area contributed by atoms with E-state index < -0.39 is 20.2 Å². The second kappa shape index (κ2) is 7.49. The van der Waals surface area contributed by atoms with E-state index in [1.165, 1.54) is 12.1 Å². The summed E-state index contributed by atoms with van der Waals surface area (Å²) in [7, 11) is -5.28. The molecule has 0 aliphatic carbocycles. The molecule has 0 aromatic heterocycles. The van der Waals surface area contributed by atoms with E-state index in [1.54, 1.807) is 0 Å². The number of rotatable bonds is 7. The highest BCUT2D eigenvalue weighted by Crippen LogP contribution is 2.31. The van der Waals surface area contributed by atoms with E-state index in [2.05, 4.69) is 15.9 Å². The van der Waals surface area contributed by atoms with Gasteiger partial charge in [0.1, 0.15) is 0 Å². The normalized spacial score (nSPS) is 12.4. The Kier molecular flexibility index (Phi) is 6.52. The molecular weight excluding hydrogens is 371 g/mol. The van der Waals surface area contributed by atoms with Gasteiger partial charge in [-0.25, -0.2) is 8.42 Å². The summed E-state index contributed by atoms with van der Waals surface area (Å²) in [5.41, 5.74) is -4.56. The number of hydrogen-bond donors (Lipinski definition) is 0. The number of sulfone groups is 1. The van der Waals surface area contributed by atoms with Crippen LogP contribution < -0.4 is 4.90 Å². The van der Waals surface area contributed by atoms with Gasteiger partial charge in [-0.05, 0) is 30.7 Å². The maximum atomic E-state index is 12.5. The summed E-state index contributed by atoms with van der Waals surface area (Å²) in [5.74, 6) is 0. The van der Waals surface area contributed by atoms with Crippen LogP contribution in [0.15, 0.2) is 29.2 Å². The van der Waals surface area contributed by atoms with Crippen molar-refractivity contribution >= 4 is 31.5 Å². The maximum absolute atomic E-state index is 12.5. The lowest BCUT2D eigenvalue weighted by molar-refractivity contribution is -0.0436. The Morgan fingerprint density at radius 1 is 1.14 bits per heavy atom. The second-order valence-corrected chi connectivity index (χ2v) is 7.21. The molecule has 21 heavy (non-hydrogen) atoms. The number of alkyl halides is 4. The van der Waals surface area contributed by atoms with E-state index >= 15 is 0 Å². The third-order valence-corrected chi connectivity index (χ3v) is 4.81. The van der Waals surface area contributed by atoms with Crippen molar-refractivity contribution in [2.24, 2.45) is 0 Å². The van der Waals surface area contributed by atoms with Crippen LogP contribution in [0.3, 0.4) is 0 Å². The van der Waals surface area contributed by atoms with Crippen LogP contribution in [0.5, 0.6) is 0 Å². The zero-order valence-corrected chi connectivity index (χ0v) is 13.9. The van der Waals surface area contributed by atoms with E-state index in [-0.39, 0.29) is 0 Å². The van der Waals surface area contributed by atoms with Gasteiger partial charge < -0.3 is 4.90 Å². The van der Waals surface area contributed by atoms with Gasteiger partial charge in [-0.2, -0.15) is 13.2 Å². The van der Waals surface area contributed by atoms with Gasteiger partial charge in [0.05, 0.1) is 4.90 Å². The molecule has 0 unspecified atom stereocenters. The third-order valence-electron chi connectivity index (χ3n) is 2.95. The number of halogens is 4. The van der Waals surface area contributed by atoms with Gasteiger partial charge in [0, 0.05) is 24.1 Å². The minimum atomic E-state index is -5.28. The van der Waals surface area contributed by atoms with Crippen molar-refractivity contribution in [3.05, 3.63) is 24.3 Å². The van der Waals surface area contributed by atoms with Crippen LogP contribution in [-0.2, 0) is 9.84 Å². The quantitative estimate of drug-likeness (QED) is 0.664. The van der Waals surface area contributed by atoms with E-state index in [1.807, 2.05) is 11.8 Å². The first kappa shape index (κ1) is 18.3. The molecule has 0 saturated heterocycles. The monoisotopic (exact) mass is 387 g/mol. The number of benzene rings is 1. The molecule has 0 spiro atoms. The van der Waals surface area contributed by atoms with Gasteiger partial charge in [0.25, 0.3) is 9.84 Å². The zero-order valence-electron chi connectivity index (χ0n) is 11.5. The first-order chi connectivity index (χ1) is 9.74. The summed E-state index contributed by atoms with van der Waals surface area (Å²) in [4.78, 5) is 1.27. The van der Waals surface area contributed by atoms with Crippen molar-refractivity contribution in [3.8, 4) is 0 Å². The van der Waals surface area contributed by atoms with E-state index in [4.69, 9.17) is 0 Å². The van der Waals surface area contributed by atoms with Gasteiger partial charge >= 0.3 is 5.51 Å². The van der Waals surface area contributed by atoms with Crippen molar-refractivity contribution in [1.29, 1.82) is 0 Å². The Bertz CT molecular complexity index is 544. The van der Waals surface area contributed by atoms with Crippen LogP contribution in [0.1, 0.15) is 19.8 Å². The third kappa shape index (κ3) is 4.60. The lowest BCUT2D eigenvalue weighted by Crippen LogP contribution is -2.27. The van der Waals surface area contributed by atoms with Crippen LogP contribution in [0.2, 0.25) is 0 Å². The second-order valence-electron chi connectivity index (χ2n) is 4.47. The molecule has 1 rings (SSSR count). The smallest absolute Gasteiger partial charge is 0.371 e. The Hall–Kier alpha value is -0.760. The van der Waals surface area contributed by atoms with E-state index in [9.17, 15) is 21.6 Å². The number of nitrogens with zero attached hydrogens (tertiary/aromatic N) is 1. The molecule has 0 aliphatic rings. The lowest BCUT2D eigenvalue weighted by Gasteiger charge is -2.24. The molecule has 0 heterocycles. The van der Waals surface area contributed by atoms with Crippen molar-refractivity contribution in [3.63, 3.8) is 0 Å². The molecular formula is C13H17BrF3NO2S. The molecule has 3 nitrogen and oxygen atoms in total. The summed E-state index contributed by atoms with van der Waals surface area (Å²) in [5, 5.41) is 0.722. The Balaban J connectivity index is 3.00. The highest BCUT2D eigenvalue weighted by molar-refractivity contribution is 9.09. The zero-order chi connectivity index (χ0) is 16.1. The van der Waals surface area contributed by atoms with Gasteiger partial charge in [0.2, 0.25) is 0 Å². The minimum Gasteiger partial charge on any atom is -0.371 e. The topological polar surface area (TPSA) is 37.4 Å². The van der Waals surface area contributed by atoms with E-state index in [0.717, 1.165) is 36.8 Å². The summed E-state index contributed by atoms with van der Waals surface area (Å²) in [6.07, 6.45) is 1.95. The average Bonchev–Trinajstić information content (AvgIpc) is 2.42. The highest BCUT2D eigenvalue weighted by Gasteiger charge is 2.46. The SMILES string of the molecule is CCCCN(CCBr)c1ccc(S(=O)(=O)C(F)(F)F)cc1. The van der Waals surface area contributed by atoms with E-state index in [0.29, 0.717) is 12.2 Å². The van der Waals surface area contributed by atoms with Crippen molar-refractivity contribution < 1.29 is 21.6 Å². The van der Waals surface area contributed by atoms with Crippen LogP contribution >= 0.6 is 15.9 Å². The standard InChI is InChI=1S/C13H17BrF3NO2S/c1-2-3-9-18(10-8-14)11-4-6-12(7-5-11)21(19,20)13(15,16)17/h4-7H,2-3,8-10H2,1H3. The predicted molar refractivity (Wildman–Crippen MR) is 80.6 cm³/mol. The first-order valence-corrected chi connectivity index (χ1v) is 9.06. The fourth-order valence-corrected chi connectivity index (χ4v) is 2.98. The number of unbranched alkanes of at least 4 members (excludes halogenated alkanes) is 1. The largest absolute Gasteiger partial charge is 0.501 e. The lowest BCUT2D eigenvalue weighted by atomic mass is 10.2. The van der Waals surface area contributed by atoms with Gasteiger partial charge in [-0.3, -0.25) is 0 Å². The molecule has 0 amide bonds. The Morgan fingerprint density at radius 2 is 1.71 bits per heavy atom. The maximum Gasteiger partial charge on any atom is 0.501 e. The molecule has 0 aliphatic heterocycles. The van der Waals surface area contributed by atoms with Crippen molar-refractivity contribution in [2.45, 2.75) is 30.2 Å². The summed E-state index contributed by atoms with van der Waals surface area (Å²) >= 11 is 3.33. The highest BCUT2D eigenvalue weighted by atomic mass is 79.9. The molecule has 1 aromatic rings. The van der Waals surface area contributed by atoms with Crippen LogP contribution in [0.25, 0.3) is 0 Å². The fraction of sp³-hybridized carbons (Fsp3) is 0.538. The molecule has 0 radical (unpaired) electrons. The van der Waals surface area contributed by atoms with Crippen LogP contribution in [-0.4, -0.2) is 32.3 Å². The van der Waals surface area contributed by atoms with Gasteiger partial charge in [0.15, 0.2) is 0 Å². The summed E-state index contributed by atoms with van der Waals surface area (Å²) in [6, 6.07) is 4.84. The molecule has 120 valence electrons. The average molecular weight is 388 g/mol. The molecule has 0 bridgehead atoms. The fourth-order valence-electron chi connectivity index (χ4n) is 1.79. The minimum absolute atomic E-state index is 0.700. The van der Waals surface area contributed by atoms with Gasteiger partial charge in [-0.1, -0.05) is 29.3 Å². The Morgan fingerprint density at radius 3 is 2.14 bits per heavy atom. The predicted octanol–water partition coefficient (Wildman–Crippen LogP) is 3.98. The van der Waals surface area contributed by atoms with Crippen molar-refractivity contribution in [2.75, 3.05) is 23.3 Å². The Labute approximate surface area is 131 Å². The summed E-state index contributed by atoms with van der Waals surface area (Å²) in [6.45, 7) is 3.52. The molecule has 0 atom stereocenters. The number of anilines is 1. The summed E-state index contributed by atoms with van der Waals surface area (Å²) < 4.78 is 60.0. The molecule has 8 heteroatoms. The van der Waals surface area contributed by atoms with Crippen LogP contribution in [0.4, 0.5) is 18.9 Å². The van der Waals surface area contributed by atoms with Crippen molar-refractivity contribution in [1.82, 2.24) is 0 Å². The molecule has 0 saturated carbocycles. The number of hydrogen-bond acceptors (Lipinski definition) is 3.